The quantitative estimate of drug-likeness (QED) is 0.465. The van der Waals surface area contributed by atoms with Gasteiger partial charge in [0, 0.05) is 9.86 Å². The second kappa shape index (κ2) is 7.81. The smallest absolute Gasteiger partial charge is 0.293 e. The molecule has 0 aromatic heterocycles. The molecule has 1 fully saturated rings. The van der Waals surface area contributed by atoms with E-state index in [1.165, 1.54) is 4.90 Å². The molecule has 6 heteroatoms. The zero-order chi connectivity index (χ0) is 19.7. The predicted molar refractivity (Wildman–Crippen MR) is 116 cm³/mol. The maximum Gasteiger partial charge on any atom is 0.293 e. The van der Waals surface area contributed by atoms with Crippen molar-refractivity contribution < 1.29 is 14.3 Å². The molecule has 0 spiro atoms. The van der Waals surface area contributed by atoms with Crippen molar-refractivity contribution in [3.63, 3.8) is 0 Å². The van der Waals surface area contributed by atoms with Crippen LogP contribution in [0.25, 0.3) is 16.8 Å². The summed E-state index contributed by atoms with van der Waals surface area (Å²) < 4.78 is 6.34. The number of halogens is 1. The molecule has 3 aromatic carbocycles. The molecule has 0 bridgehead atoms. The third-order valence-electron chi connectivity index (χ3n) is 4.53. The lowest BCUT2D eigenvalue weighted by molar-refractivity contribution is -0.123. The highest BCUT2D eigenvalue weighted by molar-refractivity contribution is 9.10. The summed E-state index contributed by atoms with van der Waals surface area (Å²) in [4.78, 5) is 27.0. The van der Waals surface area contributed by atoms with Gasteiger partial charge in [-0.25, -0.2) is 0 Å². The van der Waals surface area contributed by atoms with E-state index in [1.807, 2.05) is 60.7 Å². The summed E-state index contributed by atoms with van der Waals surface area (Å²) in [7, 11) is 1.63. The zero-order valence-electron chi connectivity index (χ0n) is 15.0. The molecule has 140 valence electrons. The number of hydrogen-bond donors (Lipinski definition) is 0. The summed E-state index contributed by atoms with van der Waals surface area (Å²) in [6.07, 6.45) is 1.79. The fourth-order valence-electron chi connectivity index (χ4n) is 3.19. The van der Waals surface area contributed by atoms with Crippen LogP contribution in [0.5, 0.6) is 5.75 Å². The van der Waals surface area contributed by atoms with Gasteiger partial charge in [-0.3, -0.25) is 14.5 Å². The normalized spacial score (nSPS) is 15.6. The molecule has 0 aliphatic carbocycles. The van der Waals surface area contributed by atoms with Crippen LogP contribution in [0.3, 0.4) is 0 Å². The number of fused-ring (bicyclic) bond motifs is 1. The van der Waals surface area contributed by atoms with Crippen molar-refractivity contribution in [2.75, 3.05) is 7.11 Å². The molecule has 4 nitrogen and oxygen atoms in total. The minimum atomic E-state index is -0.269. The first-order chi connectivity index (χ1) is 13.6. The highest BCUT2D eigenvalue weighted by Crippen LogP contribution is 2.36. The third-order valence-corrected chi connectivity index (χ3v) is 5.93. The first-order valence-electron chi connectivity index (χ1n) is 8.62. The lowest BCUT2D eigenvalue weighted by atomic mass is 10.0. The Kier molecular flexibility index (Phi) is 5.24. The molecular weight excluding hydrogens is 438 g/mol. The Bertz CT molecular complexity index is 1130. The molecule has 1 saturated heterocycles. The van der Waals surface area contributed by atoms with E-state index in [1.54, 1.807) is 13.2 Å². The van der Waals surface area contributed by atoms with Gasteiger partial charge in [0.25, 0.3) is 11.1 Å². The van der Waals surface area contributed by atoms with Crippen molar-refractivity contribution in [3.05, 3.63) is 81.2 Å². The predicted octanol–water partition coefficient (Wildman–Crippen LogP) is 5.85. The summed E-state index contributed by atoms with van der Waals surface area (Å²) in [5.74, 6) is 0.505. The second-order valence-corrected chi connectivity index (χ2v) is 8.21. The van der Waals surface area contributed by atoms with Crippen molar-refractivity contribution in [2.24, 2.45) is 0 Å². The largest absolute Gasteiger partial charge is 0.496 e. The number of thioether (sulfide) groups is 1. The number of ether oxygens (including phenoxy) is 1. The van der Waals surface area contributed by atoms with E-state index in [0.717, 1.165) is 43.9 Å². The van der Waals surface area contributed by atoms with Crippen LogP contribution in [0.4, 0.5) is 4.79 Å². The first-order valence-corrected chi connectivity index (χ1v) is 10.2. The number of carbonyl (C=O) groups excluding carboxylic acids is 2. The number of benzene rings is 3. The summed E-state index contributed by atoms with van der Waals surface area (Å²) >= 11 is 4.39. The van der Waals surface area contributed by atoms with Crippen molar-refractivity contribution in [2.45, 2.75) is 6.54 Å². The van der Waals surface area contributed by atoms with Gasteiger partial charge in [0.1, 0.15) is 5.75 Å². The summed E-state index contributed by atoms with van der Waals surface area (Å²) in [6.45, 7) is 0.255. The van der Waals surface area contributed by atoms with Crippen LogP contribution in [-0.2, 0) is 11.3 Å². The molecule has 3 aromatic rings. The number of amides is 2. The van der Waals surface area contributed by atoms with Crippen LogP contribution < -0.4 is 4.74 Å². The maximum atomic E-state index is 12.8. The summed E-state index contributed by atoms with van der Waals surface area (Å²) in [5, 5.41) is 1.68. The number of nitrogens with zero attached hydrogens (tertiary/aromatic N) is 1. The molecular formula is C22H16BrNO3S. The van der Waals surface area contributed by atoms with E-state index >= 15 is 0 Å². The van der Waals surface area contributed by atoms with E-state index in [-0.39, 0.29) is 17.7 Å². The van der Waals surface area contributed by atoms with Gasteiger partial charge in [-0.05, 0) is 52.6 Å². The number of carbonyl (C=O) groups is 2. The number of hydrogen-bond acceptors (Lipinski definition) is 4. The summed E-state index contributed by atoms with van der Waals surface area (Å²) in [5.41, 5.74) is 1.78. The lowest BCUT2D eigenvalue weighted by Gasteiger charge is -2.12. The molecule has 0 N–H and O–H groups in total. The van der Waals surface area contributed by atoms with E-state index in [2.05, 4.69) is 15.9 Å². The van der Waals surface area contributed by atoms with Crippen LogP contribution in [-0.4, -0.2) is 23.2 Å². The monoisotopic (exact) mass is 453 g/mol. The van der Waals surface area contributed by atoms with E-state index in [0.29, 0.717) is 4.91 Å². The maximum absolute atomic E-state index is 12.8. The van der Waals surface area contributed by atoms with E-state index in [4.69, 9.17) is 4.74 Å². The minimum absolute atomic E-state index is 0.255. The van der Waals surface area contributed by atoms with Gasteiger partial charge in [-0.1, -0.05) is 58.4 Å². The Morgan fingerprint density at radius 3 is 2.57 bits per heavy atom. The van der Waals surface area contributed by atoms with Crippen LogP contribution >= 0.6 is 27.7 Å². The lowest BCUT2D eigenvalue weighted by Crippen LogP contribution is -2.27. The van der Waals surface area contributed by atoms with Crippen LogP contribution in [0.15, 0.2) is 70.0 Å². The average molecular weight is 454 g/mol. The molecule has 1 aliphatic rings. The van der Waals surface area contributed by atoms with E-state index in [9.17, 15) is 9.59 Å². The Morgan fingerprint density at radius 1 is 1.04 bits per heavy atom. The second-order valence-electron chi connectivity index (χ2n) is 6.30. The zero-order valence-corrected chi connectivity index (χ0v) is 17.4. The first kappa shape index (κ1) is 18.8. The highest BCUT2D eigenvalue weighted by Gasteiger charge is 2.35. The summed E-state index contributed by atoms with van der Waals surface area (Å²) in [6, 6.07) is 19.2. The van der Waals surface area contributed by atoms with Gasteiger partial charge in [-0.2, -0.15) is 0 Å². The van der Waals surface area contributed by atoms with Gasteiger partial charge in [0.2, 0.25) is 0 Å². The number of imide groups is 1. The number of methoxy groups -OCH3 is 1. The Morgan fingerprint density at radius 2 is 1.82 bits per heavy atom. The van der Waals surface area contributed by atoms with Crippen molar-refractivity contribution in [3.8, 4) is 5.75 Å². The van der Waals surface area contributed by atoms with E-state index < -0.39 is 0 Å². The Labute approximate surface area is 175 Å². The Balaban J connectivity index is 1.67. The molecule has 1 heterocycles. The van der Waals surface area contributed by atoms with Crippen LogP contribution in [0.2, 0.25) is 0 Å². The van der Waals surface area contributed by atoms with Crippen molar-refractivity contribution in [1.29, 1.82) is 0 Å². The topological polar surface area (TPSA) is 46.6 Å². The van der Waals surface area contributed by atoms with Crippen molar-refractivity contribution in [1.82, 2.24) is 4.90 Å². The standard InChI is InChI=1S/C22H16BrNO3S/c1-27-19-10-9-15(17-7-2-3-8-18(17)19)12-20-21(25)24(22(26)28-20)13-14-5-4-6-16(23)11-14/h2-12H,13H2,1H3/b20-12+. The molecule has 28 heavy (non-hydrogen) atoms. The molecule has 1 aliphatic heterocycles. The van der Waals surface area contributed by atoms with Crippen LogP contribution in [0, 0.1) is 0 Å². The fraction of sp³-hybridized carbons (Fsp3) is 0.0909. The minimum Gasteiger partial charge on any atom is -0.496 e. The van der Waals surface area contributed by atoms with Gasteiger partial charge in [0.05, 0.1) is 18.6 Å². The fourth-order valence-corrected chi connectivity index (χ4v) is 4.47. The Hall–Kier alpha value is -2.57. The van der Waals surface area contributed by atoms with Gasteiger partial charge in [-0.15, -0.1) is 0 Å². The molecule has 2 amide bonds. The molecule has 0 radical (unpaired) electrons. The molecule has 4 rings (SSSR count). The third kappa shape index (κ3) is 3.57. The number of rotatable bonds is 4. The van der Waals surface area contributed by atoms with Gasteiger partial charge < -0.3 is 4.74 Å². The molecule has 0 saturated carbocycles. The SMILES string of the molecule is COc1ccc(/C=C2/SC(=O)N(Cc3cccc(Br)c3)C2=O)c2ccccc12. The molecule has 0 unspecified atom stereocenters. The van der Waals surface area contributed by atoms with Gasteiger partial charge in [0.15, 0.2) is 0 Å². The average Bonchev–Trinajstić information content (AvgIpc) is 2.96. The van der Waals surface area contributed by atoms with Crippen LogP contribution in [0.1, 0.15) is 11.1 Å². The highest BCUT2D eigenvalue weighted by atomic mass is 79.9. The molecule has 0 atom stereocenters. The van der Waals surface area contributed by atoms with Crippen molar-refractivity contribution >= 4 is 55.7 Å². The van der Waals surface area contributed by atoms with Gasteiger partial charge >= 0.3 is 0 Å².